The van der Waals surface area contributed by atoms with Crippen LogP contribution in [0.25, 0.3) is 22.2 Å². The number of alkyl halides is 3. The first-order chi connectivity index (χ1) is 16.4. The average Bonchev–Trinajstić information content (AvgIpc) is 3.05. The molecule has 3 aromatic carbocycles. The fourth-order valence-corrected chi connectivity index (χ4v) is 4.70. The highest BCUT2D eigenvalue weighted by molar-refractivity contribution is 5.92. The maximum absolute atomic E-state index is 14.7. The van der Waals surface area contributed by atoms with Crippen molar-refractivity contribution < 1.29 is 28.2 Å². The largest absolute Gasteiger partial charge is 0.478 e. The Hall–Kier alpha value is -3.85. The SMILES string of the molecule is CC(c1c(C(=O)O)cccc1-c1ccccc1)C(O)(c1ccc2c(c1)n(C)c(=O)n2C)C(F)(F)F. The molecule has 0 spiro atoms. The van der Waals surface area contributed by atoms with Crippen molar-refractivity contribution in [3.8, 4) is 11.1 Å². The molecule has 0 radical (unpaired) electrons. The Labute approximate surface area is 198 Å². The number of halogens is 3. The van der Waals surface area contributed by atoms with E-state index in [4.69, 9.17) is 0 Å². The van der Waals surface area contributed by atoms with E-state index in [1.165, 1.54) is 47.5 Å². The topological polar surface area (TPSA) is 84.5 Å². The third-order valence-electron chi connectivity index (χ3n) is 6.63. The predicted molar refractivity (Wildman–Crippen MR) is 125 cm³/mol. The lowest BCUT2D eigenvalue weighted by atomic mass is 9.74. The number of fused-ring (bicyclic) bond motifs is 1. The highest BCUT2D eigenvalue weighted by atomic mass is 19.4. The molecule has 1 heterocycles. The van der Waals surface area contributed by atoms with Crippen LogP contribution in [-0.4, -0.2) is 31.5 Å². The molecule has 0 saturated heterocycles. The third-order valence-corrected chi connectivity index (χ3v) is 6.63. The molecule has 0 fully saturated rings. The molecule has 0 saturated carbocycles. The lowest BCUT2D eigenvalue weighted by Gasteiger charge is -2.38. The second-order valence-corrected chi connectivity index (χ2v) is 8.53. The van der Waals surface area contributed by atoms with Crippen LogP contribution in [-0.2, 0) is 19.7 Å². The van der Waals surface area contributed by atoms with E-state index in [2.05, 4.69) is 0 Å². The zero-order valence-corrected chi connectivity index (χ0v) is 19.2. The molecule has 0 aliphatic heterocycles. The molecule has 6 nitrogen and oxygen atoms in total. The number of carbonyl (C=O) groups is 1. The number of carboxylic acid groups (broad SMARTS) is 1. The highest BCUT2D eigenvalue weighted by Crippen LogP contribution is 2.51. The zero-order valence-electron chi connectivity index (χ0n) is 19.2. The van der Waals surface area contributed by atoms with Gasteiger partial charge in [0.25, 0.3) is 0 Å². The summed E-state index contributed by atoms with van der Waals surface area (Å²) in [4.78, 5) is 24.4. The van der Waals surface area contributed by atoms with Gasteiger partial charge in [0, 0.05) is 20.0 Å². The summed E-state index contributed by atoms with van der Waals surface area (Å²) >= 11 is 0. The number of imidazole rings is 1. The van der Waals surface area contributed by atoms with Gasteiger partial charge in [0.1, 0.15) is 0 Å². The van der Waals surface area contributed by atoms with Gasteiger partial charge in [-0.05, 0) is 40.5 Å². The Bertz CT molecular complexity index is 1490. The van der Waals surface area contributed by atoms with Crippen LogP contribution in [0, 0.1) is 0 Å². The van der Waals surface area contributed by atoms with Crippen molar-refractivity contribution in [2.24, 2.45) is 14.1 Å². The van der Waals surface area contributed by atoms with Crippen LogP contribution in [0.3, 0.4) is 0 Å². The van der Waals surface area contributed by atoms with E-state index in [0.717, 1.165) is 19.1 Å². The molecule has 2 atom stereocenters. The van der Waals surface area contributed by atoms with E-state index in [1.54, 1.807) is 30.3 Å². The van der Waals surface area contributed by atoms with Gasteiger partial charge in [-0.3, -0.25) is 9.13 Å². The Morgan fingerprint density at radius 2 is 1.54 bits per heavy atom. The predicted octanol–water partition coefficient (Wildman–Crippen LogP) is 4.80. The monoisotopic (exact) mass is 484 g/mol. The molecule has 0 aliphatic carbocycles. The first kappa shape index (κ1) is 24.3. The third kappa shape index (κ3) is 3.72. The minimum atomic E-state index is -5.17. The lowest BCUT2D eigenvalue weighted by Crippen LogP contribution is -2.47. The van der Waals surface area contributed by atoms with Gasteiger partial charge >= 0.3 is 17.8 Å². The van der Waals surface area contributed by atoms with E-state index in [1.807, 2.05) is 0 Å². The maximum atomic E-state index is 14.7. The molecular formula is C26H23F3N2O4. The second-order valence-electron chi connectivity index (χ2n) is 8.53. The number of carboxylic acids is 1. The minimum Gasteiger partial charge on any atom is -0.478 e. The summed E-state index contributed by atoms with van der Waals surface area (Å²) in [5, 5.41) is 21.3. The number of aromatic nitrogens is 2. The molecule has 0 amide bonds. The van der Waals surface area contributed by atoms with Gasteiger partial charge in [-0.25, -0.2) is 9.59 Å². The standard InChI is InChI=1S/C26H23F3N2O4/c1-15(22-18(16-8-5-4-6-9-16)10-7-11-19(22)23(32)33)25(35,26(27,28)29)17-12-13-20-21(14-17)31(3)24(34)30(20)2/h4-15,35H,1-3H3,(H,32,33). The van der Waals surface area contributed by atoms with E-state index in [0.29, 0.717) is 11.1 Å². The molecule has 2 unspecified atom stereocenters. The molecule has 35 heavy (non-hydrogen) atoms. The summed E-state index contributed by atoms with van der Waals surface area (Å²) in [5.41, 5.74) is -3.47. The van der Waals surface area contributed by atoms with Gasteiger partial charge in [-0.1, -0.05) is 55.5 Å². The maximum Gasteiger partial charge on any atom is 0.422 e. The summed E-state index contributed by atoms with van der Waals surface area (Å²) in [7, 11) is 2.93. The average molecular weight is 484 g/mol. The molecular weight excluding hydrogens is 461 g/mol. The van der Waals surface area contributed by atoms with E-state index >= 15 is 0 Å². The van der Waals surface area contributed by atoms with Gasteiger partial charge in [-0.15, -0.1) is 0 Å². The Morgan fingerprint density at radius 1 is 0.914 bits per heavy atom. The van der Waals surface area contributed by atoms with Crippen LogP contribution in [0.15, 0.2) is 71.5 Å². The number of aryl methyl sites for hydroxylation is 2. The van der Waals surface area contributed by atoms with Gasteiger partial charge in [0.05, 0.1) is 16.6 Å². The van der Waals surface area contributed by atoms with Gasteiger partial charge in [-0.2, -0.15) is 13.2 Å². The van der Waals surface area contributed by atoms with E-state index in [9.17, 15) is 33.0 Å². The fraction of sp³-hybridized carbons (Fsp3) is 0.231. The molecule has 0 aliphatic rings. The van der Waals surface area contributed by atoms with E-state index < -0.39 is 34.9 Å². The van der Waals surface area contributed by atoms with E-state index in [-0.39, 0.29) is 22.2 Å². The summed E-state index contributed by atoms with van der Waals surface area (Å²) in [5.74, 6) is -3.13. The molecule has 0 bridgehead atoms. The zero-order chi connectivity index (χ0) is 25.7. The number of aliphatic hydroxyl groups is 1. The van der Waals surface area contributed by atoms with Crippen LogP contribution in [0.4, 0.5) is 13.2 Å². The normalized spacial score (nSPS) is 14.6. The highest BCUT2D eigenvalue weighted by Gasteiger charge is 2.59. The number of aromatic carboxylic acids is 1. The lowest BCUT2D eigenvalue weighted by molar-refractivity contribution is -0.274. The van der Waals surface area contributed by atoms with Crippen LogP contribution < -0.4 is 5.69 Å². The van der Waals surface area contributed by atoms with Crippen molar-refractivity contribution in [1.29, 1.82) is 0 Å². The number of hydrogen-bond donors (Lipinski definition) is 2. The van der Waals surface area contributed by atoms with Crippen LogP contribution in [0.5, 0.6) is 0 Å². The number of benzene rings is 3. The van der Waals surface area contributed by atoms with Crippen molar-refractivity contribution in [1.82, 2.24) is 9.13 Å². The number of rotatable bonds is 5. The van der Waals surface area contributed by atoms with Crippen molar-refractivity contribution in [3.05, 3.63) is 93.9 Å². The quantitative estimate of drug-likeness (QED) is 0.427. The molecule has 2 N–H and O–H groups in total. The molecule has 1 aromatic heterocycles. The molecule has 4 aromatic rings. The Kier molecular flexibility index (Phi) is 5.84. The minimum absolute atomic E-state index is 0.145. The van der Waals surface area contributed by atoms with Crippen molar-refractivity contribution in [2.75, 3.05) is 0 Å². The van der Waals surface area contributed by atoms with Crippen molar-refractivity contribution in [2.45, 2.75) is 24.6 Å². The van der Waals surface area contributed by atoms with Gasteiger partial charge in [0.15, 0.2) is 5.60 Å². The second kappa shape index (κ2) is 8.42. The van der Waals surface area contributed by atoms with Crippen LogP contribution in [0.2, 0.25) is 0 Å². The van der Waals surface area contributed by atoms with Crippen molar-refractivity contribution in [3.63, 3.8) is 0 Å². The van der Waals surface area contributed by atoms with Gasteiger partial charge in [0.2, 0.25) is 0 Å². The first-order valence-corrected chi connectivity index (χ1v) is 10.8. The Morgan fingerprint density at radius 3 is 2.14 bits per heavy atom. The summed E-state index contributed by atoms with van der Waals surface area (Å²) in [6.07, 6.45) is -5.17. The molecule has 4 rings (SSSR count). The Balaban J connectivity index is 2.03. The van der Waals surface area contributed by atoms with Crippen LogP contribution >= 0.6 is 0 Å². The first-order valence-electron chi connectivity index (χ1n) is 10.8. The van der Waals surface area contributed by atoms with Crippen molar-refractivity contribution >= 4 is 17.0 Å². The molecule has 9 heteroatoms. The fourth-order valence-electron chi connectivity index (χ4n) is 4.70. The molecule has 182 valence electrons. The van der Waals surface area contributed by atoms with Crippen LogP contribution in [0.1, 0.15) is 34.3 Å². The number of hydrogen-bond acceptors (Lipinski definition) is 3. The van der Waals surface area contributed by atoms with Gasteiger partial charge < -0.3 is 10.2 Å². The number of nitrogens with zero attached hydrogens (tertiary/aromatic N) is 2. The summed E-state index contributed by atoms with van der Waals surface area (Å²) in [6.45, 7) is 1.16. The summed E-state index contributed by atoms with van der Waals surface area (Å²) < 4.78 is 46.6. The smallest absolute Gasteiger partial charge is 0.422 e. The summed E-state index contributed by atoms with van der Waals surface area (Å²) in [6, 6.07) is 16.3.